The predicted octanol–water partition coefficient (Wildman–Crippen LogP) is 2.83. The number of hydrogen-bond acceptors (Lipinski definition) is 4. The molecular formula is C20H19N3O3. The van der Waals surface area contributed by atoms with Crippen LogP contribution in [0.1, 0.15) is 22.0 Å². The first-order valence-corrected chi connectivity index (χ1v) is 8.52. The Labute approximate surface area is 151 Å². The van der Waals surface area contributed by atoms with Crippen molar-refractivity contribution in [2.24, 2.45) is 0 Å². The number of carbonyl (C=O) groups excluding carboxylic acids is 1. The predicted molar refractivity (Wildman–Crippen MR) is 96.3 cm³/mol. The molecule has 6 heteroatoms. The molecular weight excluding hydrogens is 330 g/mol. The van der Waals surface area contributed by atoms with E-state index in [4.69, 9.17) is 9.47 Å². The third-order valence-electron chi connectivity index (χ3n) is 4.24. The van der Waals surface area contributed by atoms with Gasteiger partial charge in [0.1, 0.15) is 13.2 Å². The Bertz CT molecular complexity index is 879. The van der Waals surface area contributed by atoms with Gasteiger partial charge in [0.05, 0.1) is 12.6 Å². The molecule has 1 aliphatic rings. The van der Waals surface area contributed by atoms with E-state index < -0.39 is 0 Å². The first-order valence-electron chi connectivity index (χ1n) is 8.52. The van der Waals surface area contributed by atoms with Crippen molar-refractivity contribution in [3.05, 3.63) is 78.1 Å². The highest BCUT2D eigenvalue weighted by molar-refractivity contribution is 5.95. The molecule has 0 saturated carbocycles. The maximum atomic E-state index is 12.8. The fourth-order valence-corrected chi connectivity index (χ4v) is 2.94. The van der Waals surface area contributed by atoms with Gasteiger partial charge in [-0.15, -0.1) is 0 Å². The molecule has 6 nitrogen and oxygen atoms in total. The van der Waals surface area contributed by atoms with Crippen LogP contribution in [0.3, 0.4) is 0 Å². The molecule has 1 aliphatic heterocycles. The number of benzene rings is 2. The van der Waals surface area contributed by atoms with Gasteiger partial charge < -0.3 is 14.8 Å². The number of ether oxygens (including phenoxy) is 2. The summed E-state index contributed by atoms with van der Waals surface area (Å²) >= 11 is 0. The van der Waals surface area contributed by atoms with E-state index >= 15 is 0 Å². The topological polar surface area (TPSA) is 65.4 Å². The van der Waals surface area contributed by atoms with Crippen LogP contribution in [-0.4, -0.2) is 28.9 Å². The Morgan fingerprint density at radius 1 is 1.08 bits per heavy atom. The summed E-state index contributed by atoms with van der Waals surface area (Å²) in [5.41, 5.74) is 1.56. The molecule has 0 bridgehead atoms. The average molecular weight is 349 g/mol. The van der Waals surface area contributed by atoms with Gasteiger partial charge in [-0.2, -0.15) is 5.10 Å². The summed E-state index contributed by atoms with van der Waals surface area (Å²) in [6, 6.07) is 16.8. The number of hydrogen-bond donors (Lipinski definition) is 1. The Morgan fingerprint density at radius 3 is 2.65 bits per heavy atom. The summed E-state index contributed by atoms with van der Waals surface area (Å²) in [7, 11) is 0. The van der Waals surface area contributed by atoms with Gasteiger partial charge in [-0.05, 0) is 29.8 Å². The van der Waals surface area contributed by atoms with E-state index in [0.29, 0.717) is 36.8 Å². The number of rotatable bonds is 5. The summed E-state index contributed by atoms with van der Waals surface area (Å²) in [6.07, 6.45) is 3.61. The fourth-order valence-electron chi connectivity index (χ4n) is 2.94. The van der Waals surface area contributed by atoms with E-state index in [0.717, 1.165) is 5.56 Å². The van der Waals surface area contributed by atoms with Crippen LogP contribution in [0.5, 0.6) is 11.5 Å². The van der Waals surface area contributed by atoms with Crippen LogP contribution in [-0.2, 0) is 6.54 Å². The zero-order chi connectivity index (χ0) is 17.8. The van der Waals surface area contributed by atoms with E-state index in [9.17, 15) is 4.79 Å². The van der Waals surface area contributed by atoms with Crippen LogP contribution < -0.4 is 14.8 Å². The first-order chi connectivity index (χ1) is 12.8. The fraction of sp³-hybridized carbons (Fsp3) is 0.200. The van der Waals surface area contributed by atoms with Crippen LogP contribution in [0.4, 0.5) is 0 Å². The van der Waals surface area contributed by atoms with Crippen LogP contribution in [0.2, 0.25) is 0 Å². The summed E-state index contributed by atoms with van der Waals surface area (Å²) in [5, 5.41) is 7.35. The van der Waals surface area contributed by atoms with Crippen molar-refractivity contribution in [2.75, 3.05) is 13.2 Å². The molecule has 0 spiro atoms. The van der Waals surface area contributed by atoms with Crippen LogP contribution >= 0.6 is 0 Å². The second kappa shape index (κ2) is 7.31. The lowest BCUT2D eigenvalue weighted by Gasteiger charge is -2.21. The van der Waals surface area contributed by atoms with E-state index in [-0.39, 0.29) is 11.9 Å². The number of nitrogens with zero attached hydrogens (tertiary/aromatic N) is 2. The van der Waals surface area contributed by atoms with E-state index in [2.05, 4.69) is 10.4 Å². The van der Waals surface area contributed by atoms with Crippen molar-refractivity contribution in [1.29, 1.82) is 0 Å². The van der Waals surface area contributed by atoms with Crippen molar-refractivity contribution < 1.29 is 14.3 Å². The van der Waals surface area contributed by atoms with Gasteiger partial charge >= 0.3 is 0 Å². The average Bonchev–Trinajstić information content (AvgIpc) is 3.21. The highest BCUT2D eigenvalue weighted by Gasteiger charge is 2.19. The molecule has 0 radical (unpaired) electrons. The van der Waals surface area contributed by atoms with Gasteiger partial charge in [-0.3, -0.25) is 9.48 Å². The molecule has 2 heterocycles. The lowest BCUT2D eigenvalue weighted by molar-refractivity contribution is 0.0930. The Hall–Kier alpha value is -3.28. The minimum Gasteiger partial charge on any atom is -0.486 e. The molecule has 0 saturated heterocycles. The minimum absolute atomic E-state index is 0.164. The van der Waals surface area contributed by atoms with Crippen molar-refractivity contribution in [2.45, 2.75) is 12.6 Å². The normalized spacial score (nSPS) is 13.8. The van der Waals surface area contributed by atoms with Gasteiger partial charge in [-0.25, -0.2) is 0 Å². The maximum absolute atomic E-state index is 12.8. The lowest BCUT2D eigenvalue weighted by atomic mass is 10.1. The number of amides is 1. The number of fused-ring (bicyclic) bond motifs is 1. The molecule has 1 aromatic heterocycles. The number of aromatic nitrogens is 2. The molecule has 4 rings (SSSR count). The molecule has 1 atom stereocenters. The zero-order valence-corrected chi connectivity index (χ0v) is 14.2. The quantitative estimate of drug-likeness (QED) is 0.769. The van der Waals surface area contributed by atoms with Crippen LogP contribution in [0.25, 0.3) is 0 Å². The molecule has 2 aromatic carbocycles. The van der Waals surface area contributed by atoms with Gasteiger partial charge in [0.2, 0.25) is 0 Å². The molecule has 1 unspecified atom stereocenters. The second-order valence-corrected chi connectivity index (χ2v) is 6.02. The SMILES string of the molecule is O=C(NC(Cn1cccn1)c1ccccc1)c1ccc2c(c1)OCCO2. The zero-order valence-electron chi connectivity index (χ0n) is 14.2. The van der Waals surface area contributed by atoms with Gasteiger partial charge in [0, 0.05) is 18.0 Å². The minimum atomic E-state index is -0.197. The first kappa shape index (κ1) is 16.2. The van der Waals surface area contributed by atoms with Gasteiger partial charge in [0.15, 0.2) is 11.5 Å². The molecule has 26 heavy (non-hydrogen) atoms. The second-order valence-electron chi connectivity index (χ2n) is 6.02. The molecule has 132 valence electrons. The summed E-state index contributed by atoms with van der Waals surface area (Å²) in [5.74, 6) is 1.11. The molecule has 0 aliphatic carbocycles. The molecule has 3 aromatic rings. The summed E-state index contributed by atoms with van der Waals surface area (Å²) < 4.78 is 12.9. The van der Waals surface area contributed by atoms with Crippen molar-refractivity contribution >= 4 is 5.91 Å². The summed E-state index contributed by atoms with van der Waals surface area (Å²) in [6.45, 7) is 1.57. The van der Waals surface area contributed by atoms with E-state index in [1.54, 1.807) is 24.4 Å². The van der Waals surface area contributed by atoms with Crippen molar-refractivity contribution in [3.8, 4) is 11.5 Å². The maximum Gasteiger partial charge on any atom is 0.251 e. The van der Waals surface area contributed by atoms with Gasteiger partial charge in [-0.1, -0.05) is 30.3 Å². The van der Waals surface area contributed by atoms with Crippen LogP contribution in [0, 0.1) is 0 Å². The van der Waals surface area contributed by atoms with Gasteiger partial charge in [0.25, 0.3) is 5.91 Å². The smallest absolute Gasteiger partial charge is 0.251 e. The van der Waals surface area contributed by atoms with E-state index in [1.807, 2.05) is 47.3 Å². The number of carbonyl (C=O) groups is 1. The monoisotopic (exact) mass is 349 g/mol. The standard InChI is InChI=1S/C20H19N3O3/c24-20(16-7-8-18-19(13-16)26-12-11-25-18)22-17(14-23-10-4-9-21-23)15-5-2-1-3-6-15/h1-10,13,17H,11-12,14H2,(H,22,24). The lowest BCUT2D eigenvalue weighted by Crippen LogP contribution is -2.31. The highest BCUT2D eigenvalue weighted by atomic mass is 16.6. The molecule has 1 N–H and O–H groups in total. The Morgan fingerprint density at radius 2 is 1.88 bits per heavy atom. The highest BCUT2D eigenvalue weighted by Crippen LogP contribution is 2.31. The van der Waals surface area contributed by atoms with E-state index in [1.165, 1.54) is 0 Å². The number of nitrogens with one attached hydrogen (secondary N) is 1. The van der Waals surface area contributed by atoms with Crippen molar-refractivity contribution in [3.63, 3.8) is 0 Å². The Balaban J connectivity index is 1.56. The third-order valence-corrected chi connectivity index (χ3v) is 4.24. The largest absolute Gasteiger partial charge is 0.486 e. The summed E-state index contributed by atoms with van der Waals surface area (Å²) in [4.78, 5) is 12.8. The third kappa shape index (κ3) is 3.54. The Kier molecular flexibility index (Phi) is 4.55. The molecule has 0 fully saturated rings. The van der Waals surface area contributed by atoms with Crippen LogP contribution in [0.15, 0.2) is 67.0 Å². The van der Waals surface area contributed by atoms with Crippen molar-refractivity contribution in [1.82, 2.24) is 15.1 Å². The molecule has 1 amide bonds.